The number of allylic oxidation sites excluding steroid dienone is 2. The molecule has 0 aromatic carbocycles. The molecule has 2 saturated carbocycles. The third-order valence-electron chi connectivity index (χ3n) is 9.43. The maximum Gasteiger partial charge on any atom is 0.306 e. The zero-order valence-electron chi connectivity index (χ0n) is 22.1. The smallest absolute Gasteiger partial charge is 0.306 e. The van der Waals surface area contributed by atoms with Gasteiger partial charge in [0.2, 0.25) is 0 Å². The number of hydrogen-bond donors (Lipinski definition) is 0. The van der Waals surface area contributed by atoms with Crippen molar-refractivity contribution in [2.45, 2.75) is 85.9 Å². The van der Waals surface area contributed by atoms with E-state index in [0.29, 0.717) is 24.9 Å². The lowest BCUT2D eigenvalue weighted by Crippen LogP contribution is -2.65. The van der Waals surface area contributed by atoms with Gasteiger partial charge in [0, 0.05) is 14.2 Å². The molecule has 3 rings (SSSR count). The van der Waals surface area contributed by atoms with Crippen LogP contribution in [0, 0.1) is 34.0 Å². The second-order valence-electron chi connectivity index (χ2n) is 11.5. The Kier molecular flexibility index (Phi) is 8.36. The molecule has 0 aliphatic heterocycles. The van der Waals surface area contributed by atoms with Crippen molar-refractivity contribution in [3.63, 3.8) is 0 Å². The van der Waals surface area contributed by atoms with Crippen LogP contribution >= 0.6 is 0 Å². The van der Waals surface area contributed by atoms with Crippen molar-refractivity contribution in [2.24, 2.45) is 34.0 Å². The van der Waals surface area contributed by atoms with E-state index in [-0.39, 0.29) is 53.9 Å². The van der Waals surface area contributed by atoms with E-state index in [1.807, 2.05) is 6.92 Å². The quantitative estimate of drug-likeness (QED) is 0.259. The molecule has 33 heavy (non-hydrogen) atoms. The fourth-order valence-corrected chi connectivity index (χ4v) is 8.15. The maximum absolute atomic E-state index is 12.5. The van der Waals surface area contributed by atoms with Crippen LogP contribution in [0.15, 0.2) is 11.6 Å². The van der Waals surface area contributed by atoms with Crippen LogP contribution in [0.4, 0.5) is 0 Å². The zero-order chi connectivity index (χ0) is 24.4. The molecule has 0 saturated heterocycles. The van der Waals surface area contributed by atoms with Crippen molar-refractivity contribution < 1.29 is 28.5 Å². The fourth-order valence-electron chi connectivity index (χ4n) is 8.15. The Morgan fingerprint density at radius 3 is 2.33 bits per heavy atom. The van der Waals surface area contributed by atoms with Crippen LogP contribution < -0.4 is 0 Å². The Balaban J connectivity index is 1.97. The third-order valence-corrected chi connectivity index (χ3v) is 9.43. The molecule has 2 fully saturated rings. The Morgan fingerprint density at radius 1 is 1.03 bits per heavy atom. The summed E-state index contributed by atoms with van der Waals surface area (Å²) in [5.41, 5.74) is 1.37. The van der Waals surface area contributed by atoms with Gasteiger partial charge in [-0.15, -0.1) is 0 Å². The van der Waals surface area contributed by atoms with Crippen LogP contribution in [0.1, 0.15) is 73.6 Å². The molecule has 0 heterocycles. The third kappa shape index (κ3) is 4.78. The summed E-state index contributed by atoms with van der Waals surface area (Å²) in [4.78, 5) is 12.5. The lowest BCUT2D eigenvalue weighted by molar-refractivity contribution is -0.265. The Morgan fingerprint density at radius 2 is 1.70 bits per heavy atom. The monoisotopic (exact) mass is 466 g/mol. The van der Waals surface area contributed by atoms with E-state index in [0.717, 1.165) is 25.7 Å². The highest BCUT2D eigenvalue weighted by atomic mass is 16.7. The number of methoxy groups -OCH3 is 2. The van der Waals surface area contributed by atoms with Gasteiger partial charge in [-0.05, 0) is 73.5 Å². The number of carbonyl (C=O) groups is 1. The molecule has 7 atom stereocenters. The first-order chi connectivity index (χ1) is 15.6. The zero-order valence-corrected chi connectivity index (χ0v) is 22.1. The van der Waals surface area contributed by atoms with E-state index < -0.39 is 0 Å². The van der Waals surface area contributed by atoms with E-state index in [2.05, 4.69) is 40.7 Å². The minimum atomic E-state index is -0.0852. The van der Waals surface area contributed by atoms with E-state index in [1.54, 1.807) is 14.2 Å². The first-order valence-electron chi connectivity index (χ1n) is 12.6. The summed E-state index contributed by atoms with van der Waals surface area (Å²) in [6.07, 6.45) is 6.90. The maximum atomic E-state index is 12.5. The molecule has 0 bridgehead atoms. The van der Waals surface area contributed by atoms with Gasteiger partial charge in [0.15, 0.2) is 0 Å². The van der Waals surface area contributed by atoms with Crippen molar-refractivity contribution >= 4 is 5.97 Å². The second kappa shape index (κ2) is 10.3. The number of esters is 1. The SMILES string of the molecule is CCOC(=O)C[C@H]1C(C)=CC[C@@H]2[C@]3(C)C[C@H](OCOC)[C@@H](OCOC)C(C)(C)[C@H]3CC[C@]21C. The molecule has 6 heteroatoms. The summed E-state index contributed by atoms with van der Waals surface area (Å²) in [7, 11) is 3.33. The van der Waals surface area contributed by atoms with Gasteiger partial charge in [-0.25, -0.2) is 0 Å². The van der Waals surface area contributed by atoms with Gasteiger partial charge in [-0.1, -0.05) is 39.3 Å². The predicted molar refractivity (Wildman–Crippen MR) is 127 cm³/mol. The molecule has 6 nitrogen and oxygen atoms in total. The number of carbonyl (C=O) groups excluding carboxylic acids is 1. The van der Waals surface area contributed by atoms with Crippen LogP contribution in [0.2, 0.25) is 0 Å². The van der Waals surface area contributed by atoms with Crippen molar-refractivity contribution in [3.05, 3.63) is 11.6 Å². The van der Waals surface area contributed by atoms with E-state index in [4.69, 9.17) is 23.7 Å². The van der Waals surface area contributed by atoms with Crippen molar-refractivity contribution in [3.8, 4) is 0 Å². The van der Waals surface area contributed by atoms with Gasteiger partial charge in [0.1, 0.15) is 13.6 Å². The molecule has 190 valence electrons. The summed E-state index contributed by atoms with van der Waals surface area (Å²) in [6.45, 7) is 14.6. The van der Waals surface area contributed by atoms with Gasteiger partial charge >= 0.3 is 5.97 Å². The Labute approximate surface area is 200 Å². The lowest BCUT2D eigenvalue weighted by Gasteiger charge is -2.67. The summed E-state index contributed by atoms with van der Waals surface area (Å²) in [6, 6.07) is 0. The average molecular weight is 467 g/mol. The molecule has 0 radical (unpaired) electrons. The second-order valence-corrected chi connectivity index (χ2v) is 11.5. The van der Waals surface area contributed by atoms with Gasteiger partial charge in [0.25, 0.3) is 0 Å². The highest BCUT2D eigenvalue weighted by Gasteiger charge is 2.65. The summed E-state index contributed by atoms with van der Waals surface area (Å²) >= 11 is 0. The van der Waals surface area contributed by atoms with Crippen LogP contribution in [0.25, 0.3) is 0 Å². The van der Waals surface area contributed by atoms with Crippen LogP contribution in [0.5, 0.6) is 0 Å². The van der Waals surface area contributed by atoms with E-state index in [9.17, 15) is 4.79 Å². The van der Waals surface area contributed by atoms with E-state index in [1.165, 1.54) is 5.57 Å². The number of fused-ring (bicyclic) bond motifs is 3. The molecule has 0 aromatic heterocycles. The van der Waals surface area contributed by atoms with Crippen LogP contribution in [-0.2, 0) is 28.5 Å². The van der Waals surface area contributed by atoms with Gasteiger partial charge < -0.3 is 23.7 Å². The highest BCUT2D eigenvalue weighted by molar-refractivity contribution is 5.70. The van der Waals surface area contributed by atoms with Crippen LogP contribution in [-0.4, -0.2) is 52.6 Å². The summed E-state index contributed by atoms with van der Waals surface area (Å²) < 4.78 is 28.4. The van der Waals surface area contributed by atoms with Gasteiger partial charge in [-0.2, -0.15) is 0 Å². The fraction of sp³-hybridized carbons (Fsp3) is 0.889. The van der Waals surface area contributed by atoms with Crippen molar-refractivity contribution in [1.82, 2.24) is 0 Å². The summed E-state index contributed by atoms with van der Waals surface area (Å²) in [5.74, 6) is 1.09. The largest absolute Gasteiger partial charge is 0.466 e. The van der Waals surface area contributed by atoms with Gasteiger partial charge in [-0.3, -0.25) is 4.79 Å². The first kappa shape index (κ1) is 26.7. The van der Waals surface area contributed by atoms with Gasteiger partial charge in [0.05, 0.1) is 25.2 Å². The molecule has 0 amide bonds. The van der Waals surface area contributed by atoms with E-state index >= 15 is 0 Å². The normalized spacial score (nSPS) is 39.9. The Hall–Kier alpha value is -0.950. The molecule has 0 N–H and O–H groups in total. The summed E-state index contributed by atoms with van der Waals surface area (Å²) in [5, 5.41) is 0. The minimum Gasteiger partial charge on any atom is -0.466 e. The topological polar surface area (TPSA) is 63.2 Å². The lowest BCUT2D eigenvalue weighted by atomic mass is 9.39. The number of ether oxygens (including phenoxy) is 5. The predicted octanol–water partition coefficient (Wildman–Crippen LogP) is 5.35. The molecule has 3 aliphatic carbocycles. The molecule has 0 unspecified atom stereocenters. The highest BCUT2D eigenvalue weighted by Crippen LogP contribution is 2.69. The standard InChI is InChI=1S/C27H46O6/c1-9-31-23(28)14-19-18(2)10-11-22-26(19,5)13-12-21-25(3,4)24(33-17-30-8)20(32-16-29-7)15-27(21,22)6/h10,19-22,24H,9,11-17H2,1-8H3/t19-,20-,21+,22-,24+,26-,27+/m0/s1. The molecule has 0 spiro atoms. The number of hydrogen-bond acceptors (Lipinski definition) is 6. The molecular formula is C27H46O6. The Bertz CT molecular complexity index is 717. The number of rotatable bonds is 9. The van der Waals surface area contributed by atoms with Crippen molar-refractivity contribution in [1.29, 1.82) is 0 Å². The molecule has 3 aliphatic rings. The first-order valence-corrected chi connectivity index (χ1v) is 12.6. The average Bonchev–Trinajstić information content (AvgIpc) is 2.73. The minimum absolute atomic E-state index is 0.0545. The van der Waals surface area contributed by atoms with Crippen molar-refractivity contribution in [2.75, 3.05) is 34.4 Å². The molecule has 0 aromatic rings. The molecular weight excluding hydrogens is 420 g/mol. The van der Waals surface area contributed by atoms with Crippen LogP contribution in [0.3, 0.4) is 0 Å².